The lowest BCUT2D eigenvalue weighted by molar-refractivity contribution is -0.139. The van der Waals surface area contributed by atoms with E-state index in [2.05, 4.69) is 17.4 Å². The van der Waals surface area contributed by atoms with E-state index in [1.807, 2.05) is 56.3 Å². The fourth-order valence-electron chi connectivity index (χ4n) is 7.87. The van der Waals surface area contributed by atoms with E-state index in [9.17, 15) is 18.0 Å². The fourth-order valence-corrected chi connectivity index (χ4v) is 8.72. The van der Waals surface area contributed by atoms with Crippen molar-refractivity contribution in [3.63, 3.8) is 0 Å². The maximum atomic E-state index is 13.8. The molecule has 0 spiro atoms. The van der Waals surface area contributed by atoms with Gasteiger partial charge >= 0.3 is 0 Å². The molecule has 0 saturated heterocycles. The van der Waals surface area contributed by atoms with Crippen LogP contribution in [0.5, 0.6) is 0 Å². The summed E-state index contributed by atoms with van der Waals surface area (Å²) in [5, 5.41) is 2.91. The van der Waals surface area contributed by atoms with Gasteiger partial charge in [-0.15, -0.1) is 0 Å². The van der Waals surface area contributed by atoms with Crippen LogP contribution in [-0.2, 0) is 31.6 Å². The van der Waals surface area contributed by atoms with Crippen LogP contribution in [0.1, 0.15) is 70.4 Å². The Morgan fingerprint density at radius 3 is 1.98 bits per heavy atom. The second kappa shape index (κ2) is 11.8. The van der Waals surface area contributed by atoms with Gasteiger partial charge in [-0.1, -0.05) is 56.3 Å². The van der Waals surface area contributed by atoms with Gasteiger partial charge in [-0.3, -0.25) is 13.9 Å². The molecule has 6 rings (SSSR count). The molecule has 222 valence electrons. The molecule has 2 amide bonds. The van der Waals surface area contributed by atoms with Crippen molar-refractivity contribution in [3.05, 3.63) is 65.7 Å². The number of anilines is 1. The summed E-state index contributed by atoms with van der Waals surface area (Å²) in [5.41, 5.74) is 2.87. The minimum Gasteiger partial charge on any atom is -0.354 e. The lowest BCUT2D eigenvalue weighted by Crippen LogP contribution is -2.51. The highest BCUT2D eigenvalue weighted by atomic mass is 32.2. The molecule has 0 radical (unpaired) electrons. The van der Waals surface area contributed by atoms with Crippen molar-refractivity contribution in [2.75, 3.05) is 23.7 Å². The maximum absolute atomic E-state index is 13.8. The van der Waals surface area contributed by atoms with Crippen LogP contribution in [0, 0.1) is 23.7 Å². The number of carbonyl (C=O) groups is 2. The van der Waals surface area contributed by atoms with Gasteiger partial charge < -0.3 is 10.2 Å². The van der Waals surface area contributed by atoms with Crippen LogP contribution in [-0.4, -0.2) is 50.5 Å². The van der Waals surface area contributed by atoms with Gasteiger partial charge in [0.2, 0.25) is 21.8 Å². The van der Waals surface area contributed by atoms with Crippen molar-refractivity contribution < 1.29 is 18.0 Å². The summed E-state index contributed by atoms with van der Waals surface area (Å²) < 4.78 is 27.2. The Balaban J connectivity index is 1.37. The van der Waals surface area contributed by atoms with Gasteiger partial charge in [0.25, 0.3) is 0 Å². The topological polar surface area (TPSA) is 86.8 Å². The number of amides is 2. The molecule has 7 nitrogen and oxygen atoms in total. The molecule has 8 heteroatoms. The largest absolute Gasteiger partial charge is 0.354 e. The number of hydrogen-bond acceptors (Lipinski definition) is 4. The lowest BCUT2D eigenvalue weighted by Gasteiger charge is -2.57. The van der Waals surface area contributed by atoms with Crippen molar-refractivity contribution in [3.8, 4) is 0 Å². The first kappa shape index (κ1) is 29.6. The molecule has 1 atom stereocenters. The summed E-state index contributed by atoms with van der Waals surface area (Å²) in [5.74, 6) is 2.06. The van der Waals surface area contributed by atoms with Crippen LogP contribution in [0.15, 0.2) is 54.6 Å². The molecule has 4 fully saturated rings. The van der Waals surface area contributed by atoms with Crippen LogP contribution >= 0.6 is 0 Å². The van der Waals surface area contributed by atoms with Crippen molar-refractivity contribution in [2.24, 2.45) is 23.7 Å². The molecule has 4 aliphatic carbocycles. The third-order valence-electron chi connectivity index (χ3n) is 9.53. The fraction of sp³-hybridized carbons (Fsp3) is 0.576. The standard InChI is InChI=1S/C33H45N3O4S/c1-23(2)20-34-32(38)24(3)35(21-25-8-6-5-7-9-25)31(37)22-36(41(4,39)40)30-12-10-29(11-13-30)33-17-26-14-27(18-33)16-28(15-26)19-33/h5-13,23-24,26-28H,14-22H2,1-4H3,(H,34,38). The average molecular weight is 580 g/mol. The van der Waals surface area contributed by atoms with Crippen molar-refractivity contribution in [1.29, 1.82) is 0 Å². The van der Waals surface area contributed by atoms with Gasteiger partial charge in [-0.25, -0.2) is 8.42 Å². The van der Waals surface area contributed by atoms with Gasteiger partial charge in [0.05, 0.1) is 11.9 Å². The Labute approximate surface area is 245 Å². The predicted octanol–water partition coefficient (Wildman–Crippen LogP) is 5.11. The maximum Gasteiger partial charge on any atom is 0.244 e. The number of carbonyl (C=O) groups excluding carboxylic acids is 2. The summed E-state index contributed by atoms with van der Waals surface area (Å²) in [6.45, 7) is 6.05. The number of rotatable bonds is 11. The molecule has 0 aromatic heterocycles. The summed E-state index contributed by atoms with van der Waals surface area (Å²) >= 11 is 0. The van der Waals surface area contributed by atoms with Crippen LogP contribution in [0.25, 0.3) is 0 Å². The average Bonchev–Trinajstić information content (AvgIpc) is 2.92. The van der Waals surface area contributed by atoms with E-state index in [4.69, 9.17) is 0 Å². The van der Waals surface area contributed by atoms with Gasteiger partial charge in [-0.2, -0.15) is 0 Å². The van der Waals surface area contributed by atoms with Crippen molar-refractivity contribution in [2.45, 2.75) is 77.3 Å². The highest BCUT2D eigenvalue weighted by Gasteiger charge is 2.51. The molecule has 4 bridgehead atoms. The SMILES string of the molecule is CC(C)CNC(=O)C(C)N(Cc1ccccc1)C(=O)CN(c1ccc(C23CC4CC(CC(C4)C2)C3)cc1)S(C)(=O)=O. The Hall–Kier alpha value is -2.87. The summed E-state index contributed by atoms with van der Waals surface area (Å²) in [6.07, 6.45) is 8.94. The van der Waals surface area contributed by atoms with E-state index in [0.29, 0.717) is 12.2 Å². The monoisotopic (exact) mass is 579 g/mol. The van der Waals surface area contributed by atoms with Crippen LogP contribution in [0.4, 0.5) is 5.69 Å². The van der Waals surface area contributed by atoms with Gasteiger partial charge in [-0.05, 0) is 97.8 Å². The second-order valence-electron chi connectivity index (χ2n) is 13.3. The van der Waals surface area contributed by atoms with E-state index in [1.165, 1.54) is 53.3 Å². The summed E-state index contributed by atoms with van der Waals surface area (Å²) in [6, 6.07) is 16.6. The highest BCUT2D eigenvalue weighted by Crippen LogP contribution is 2.60. The quantitative estimate of drug-likeness (QED) is 0.401. The minimum absolute atomic E-state index is 0.207. The van der Waals surface area contributed by atoms with Crippen molar-refractivity contribution in [1.82, 2.24) is 10.2 Å². The molecule has 1 unspecified atom stereocenters. The Morgan fingerprint density at radius 2 is 1.46 bits per heavy atom. The van der Waals surface area contributed by atoms with Crippen LogP contribution in [0.2, 0.25) is 0 Å². The molecule has 0 heterocycles. The highest BCUT2D eigenvalue weighted by molar-refractivity contribution is 7.92. The molecule has 4 saturated carbocycles. The normalized spacial score (nSPS) is 25.6. The third-order valence-corrected chi connectivity index (χ3v) is 10.7. The van der Waals surface area contributed by atoms with E-state index in [0.717, 1.165) is 29.6 Å². The molecule has 2 aromatic rings. The number of nitrogens with zero attached hydrogens (tertiary/aromatic N) is 2. The smallest absolute Gasteiger partial charge is 0.244 e. The summed E-state index contributed by atoms with van der Waals surface area (Å²) in [4.78, 5) is 28.3. The zero-order valence-electron chi connectivity index (χ0n) is 24.9. The van der Waals surface area contributed by atoms with E-state index < -0.39 is 22.0 Å². The van der Waals surface area contributed by atoms with Crippen LogP contribution < -0.4 is 9.62 Å². The number of nitrogens with one attached hydrogen (secondary N) is 1. The van der Waals surface area contributed by atoms with Gasteiger partial charge in [0, 0.05) is 13.1 Å². The third kappa shape index (κ3) is 6.63. The first-order valence-corrected chi connectivity index (χ1v) is 17.0. The molecular weight excluding hydrogens is 534 g/mol. The number of hydrogen-bond donors (Lipinski definition) is 1. The van der Waals surface area contributed by atoms with E-state index in [-0.39, 0.29) is 30.3 Å². The number of sulfonamides is 1. The zero-order chi connectivity index (χ0) is 29.4. The van der Waals surface area contributed by atoms with E-state index in [1.54, 1.807) is 6.92 Å². The van der Waals surface area contributed by atoms with Gasteiger partial charge in [0.1, 0.15) is 12.6 Å². The minimum atomic E-state index is -3.76. The first-order valence-electron chi connectivity index (χ1n) is 15.1. The molecule has 1 N–H and O–H groups in total. The molecule has 0 aliphatic heterocycles. The van der Waals surface area contributed by atoms with Crippen molar-refractivity contribution >= 4 is 27.5 Å². The molecular formula is C33H45N3O4S. The van der Waals surface area contributed by atoms with Gasteiger partial charge in [0.15, 0.2) is 0 Å². The number of benzene rings is 2. The molecule has 2 aromatic carbocycles. The summed E-state index contributed by atoms with van der Waals surface area (Å²) in [7, 11) is -3.76. The van der Waals surface area contributed by atoms with E-state index >= 15 is 0 Å². The second-order valence-corrected chi connectivity index (χ2v) is 15.2. The Kier molecular flexibility index (Phi) is 8.51. The predicted molar refractivity (Wildman–Crippen MR) is 163 cm³/mol. The molecule has 41 heavy (non-hydrogen) atoms. The lowest BCUT2D eigenvalue weighted by atomic mass is 9.48. The first-order chi connectivity index (χ1) is 19.4. The van der Waals surface area contributed by atoms with Crippen LogP contribution in [0.3, 0.4) is 0 Å². The zero-order valence-corrected chi connectivity index (χ0v) is 25.7. The Morgan fingerprint density at radius 1 is 0.902 bits per heavy atom. The molecule has 4 aliphatic rings. The Bertz CT molecular complexity index is 1310.